The molecule has 2 heterocycles. The average Bonchev–Trinajstić information content (AvgIpc) is 2.99. The molecule has 164 valence electrons. The third-order valence-electron chi connectivity index (χ3n) is 5.09. The molecule has 0 aliphatic carbocycles. The highest BCUT2D eigenvalue weighted by Crippen LogP contribution is 2.45. The molecule has 9 heteroatoms. The Balaban J connectivity index is 2.20. The van der Waals surface area contributed by atoms with Crippen LogP contribution in [0, 0.1) is 5.82 Å². The Kier molecular flexibility index (Phi) is 6.14. The number of fused-ring (bicyclic) bond motifs is 1. The van der Waals surface area contributed by atoms with E-state index in [0.29, 0.717) is 28.3 Å². The number of pyridine rings is 1. The molecular formula is C21H27ClFN3O3S. The van der Waals surface area contributed by atoms with Gasteiger partial charge in [-0.25, -0.2) is 9.37 Å². The van der Waals surface area contributed by atoms with Gasteiger partial charge in [0.05, 0.1) is 10.7 Å². The van der Waals surface area contributed by atoms with Crippen molar-refractivity contribution in [1.82, 2.24) is 9.71 Å². The number of aliphatic hydroxyl groups is 1. The molecule has 3 rings (SSSR count). The van der Waals surface area contributed by atoms with Crippen LogP contribution in [0.2, 0.25) is 5.02 Å². The van der Waals surface area contributed by atoms with E-state index in [2.05, 4.69) is 9.71 Å². The van der Waals surface area contributed by atoms with Crippen LogP contribution in [0.25, 0.3) is 11.3 Å². The summed E-state index contributed by atoms with van der Waals surface area (Å²) in [6.45, 7) is 9.23. The van der Waals surface area contributed by atoms with E-state index < -0.39 is 33.1 Å². The molecule has 0 spiro atoms. The van der Waals surface area contributed by atoms with Crippen molar-refractivity contribution in [2.24, 2.45) is 5.73 Å². The van der Waals surface area contributed by atoms with E-state index in [1.54, 1.807) is 19.1 Å². The largest absolute Gasteiger partial charge is 0.598 e. The van der Waals surface area contributed by atoms with Crippen LogP contribution in [-0.4, -0.2) is 32.5 Å². The fourth-order valence-electron chi connectivity index (χ4n) is 3.05. The molecular weight excluding hydrogens is 429 g/mol. The summed E-state index contributed by atoms with van der Waals surface area (Å²) in [6, 6.07) is 5.97. The molecule has 1 aliphatic heterocycles. The summed E-state index contributed by atoms with van der Waals surface area (Å²) >= 11 is 4.61. The molecule has 0 radical (unpaired) electrons. The SMILES string of the molecule is CC(O)(CN)c1cc2c(c(-c3ccc(F)c(Cl)c3)n1)OCC2(C)N[S+]([O-])C(C)(C)C. The van der Waals surface area contributed by atoms with Crippen molar-refractivity contribution >= 4 is 23.0 Å². The van der Waals surface area contributed by atoms with Gasteiger partial charge in [0.15, 0.2) is 5.75 Å². The molecule has 1 aliphatic rings. The normalized spacial score (nSPS) is 21.7. The van der Waals surface area contributed by atoms with Crippen LogP contribution in [0.15, 0.2) is 24.3 Å². The van der Waals surface area contributed by atoms with Gasteiger partial charge in [0.25, 0.3) is 0 Å². The van der Waals surface area contributed by atoms with Crippen LogP contribution >= 0.6 is 11.6 Å². The molecule has 0 bridgehead atoms. The first kappa shape index (κ1) is 23.2. The molecule has 0 saturated carbocycles. The summed E-state index contributed by atoms with van der Waals surface area (Å²) in [4.78, 5) is 4.58. The van der Waals surface area contributed by atoms with Crippen LogP contribution in [0.1, 0.15) is 45.9 Å². The lowest BCUT2D eigenvalue weighted by atomic mass is 9.90. The van der Waals surface area contributed by atoms with Gasteiger partial charge in [-0.1, -0.05) is 11.6 Å². The number of rotatable bonds is 5. The number of hydrogen-bond acceptors (Lipinski definition) is 6. The van der Waals surface area contributed by atoms with Crippen molar-refractivity contribution in [1.29, 1.82) is 0 Å². The van der Waals surface area contributed by atoms with Gasteiger partial charge in [-0.3, -0.25) is 0 Å². The number of nitrogens with zero attached hydrogens (tertiary/aromatic N) is 1. The second-order valence-corrected chi connectivity index (χ2v) is 11.3. The van der Waals surface area contributed by atoms with Crippen molar-refractivity contribution in [3.63, 3.8) is 0 Å². The minimum absolute atomic E-state index is 0.0493. The van der Waals surface area contributed by atoms with E-state index >= 15 is 0 Å². The van der Waals surface area contributed by atoms with E-state index in [1.807, 2.05) is 27.7 Å². The fourth-order valence-corrected chi connectivity index (χ4v) is 4.11. The van der Waals surface area contributed by atoms with Gasteiger partial charge < -0.3 is 20.1 Å². The van der Waals surface area contributed by atoms with E-state index in [-0.39, 0.29) is 18.2 Å². The highest BCUT2D eigenvalue weighted by atomic mass is 35.5. The second kappa shape index (κ2) is 7.93. The third-order valence-corrected chi connectivity index (χ3v) is 7.13. The Morgan fingerprint density at radius 3 is 2.60 bits per heavy atom. The number of hydrogen-bond donors (Lipinski definition) is 3. The zero-order chi connectivity index (χ0) is 22.5. The van der Waals surface area contributed by atoms with Crippen molar-refractivity contribution in [2.75, 3.05) is 13.2 Å². The number of nitrogens with one attached hydrogen (secondary N) is 1. The topological polar surface area (TPSA) is 103 Å². The minimum Gasteiger partial charge on any atom is -0.598 e. The lowest BCUT2D eigenvalue weighted by molar-refractivity contribution is 0.0622. The summed E-state index contributed by atoms with van der Waals surface area (Å²) in [7, 11) is 0. The predicted octanol–water partition coefficient (Wildman–Crippen LogP) is 3.37. The van der Waals surface area contributed by atoms with Gasteiger partial charge in [-0.05, 0) is 58.9 Å². The van der Waals surface area contributed by atoms with Gasteiger partial charge >= 0.3 is 0 Å². The molecule has 3 atom stereocenters. The van der Waals surface area contributed by atoms with Crippen LogP contribution in [0.5, 0.6) is 5.75 Å². The Morgan fingerprint density at radius 2 is 2.03 bits per heavy atom. The minimum atomic E-state index is -1.40. The quantitative estimate of drug-likeness (QED) is 0.597. The molecule has 2 aromatic rings. The molecule has 30 heavy (non-hydrogen) atoms. The Morgan fingerprint density at radius 1 is 1.37 bits per heavy atom. The lowest BCUT2D eigenvalue weighted by Crippen LogP contribution is -2.50. The number of ether oxygens (including phenoxy) is 1. The van der Waals surface area contributed by atoms with Crippen molar-refractivity contribution < 1.29 is 18.8 Å². The average molecular weight is 456 g/mol. The van der Waals surface area contributed by atoms with Crippen molar-refractivity contribution in [2.45, 2.75) is 50.5 Å². The van der Waals surface area contributed by atoms with Crippen molar-refractivity contribution in [3.05, 3.63) is 46.4 Å². The van der Waals surface area contributed by atoms with E-state index in [1.165, 1.54) is 12.1 Å². The lowest BCUT2D eigenvalue weighted by Gasteiger charge is -2.32. The summed E-state index contributed by atoms with van der Waals surface area (Å²) in [5.41, 5.74) is 5.53. The molecule has 1 aromatic heterocycles. The number of benzene rings is 1. The first-order chi connectivity index (χ1) is 13.8. The van der Waals surface area contributed by atoms with Gasteiger partial charge in [0, 0.05) is 29.0 Å². The summed E-state index contributed by atoms with van der Waals surface area (Å²) in [5.74, 6) is -0.0784. The number of nitrogens with two attached hydrogens (primary N) is 1. The van der Waals surface area contributed by atoms with E-state index in [9.17, 15) is 14.0 Å². The number of halogens is 2. The van der Waals surface area contributed by atoms with Gasteiger partial charge in [0.2, 0.25) is 0 Å². The fraction of sp³-hybridized carbons (Fsp3) is 0.476. The van der Waals surface area contributed by atoms with Crippen LogP contribution in [-0.2, 0) is 22.5 Å². The monoisotopic (exact) mass is 455 g/mol. The summed E-state index contributed by atoms with van der Waals surface area (Å²) < 4.78 is 35.2. The Labute approximate surface area is 184 Å². The maximum atomic E-state index is 13.7. The van der Waals surface area contributed by atoms with Crippen LogP contribution in [0.4, 0.5) is 4.39 Å². The second-order valence-electron chi connectivity index (χ2n) is 8.94. The molecule has 0 fully saturated rings. The standard InChI is InChI=1S/C21H27ClFN3O3S/c1-19(2,3)30(28)26-20(4)11-29-18-13(20)9-16(21(5,27)10-24)25-17(18)12-6-7-15(23)14(22)8-12/h6-9,26-27H,10-11,24H2,1-5H3. The van der Waals surface area contributed by atoms with Gasteiger partial charge in [-0.2, -0.15) is 0 Å². The molecule has 4 N–H and O–H groups in total. The molecule has 1 aromatic carbocycles. The van der Waals surface area contributed by atoms with Crippen LogP contribution in [0.3, 0.4) is 0 Å². The van der Waals surface area contributed by atoms with Crippen LogP contribution < -0.4 is 15.2 Å². The maximum absolute atomic E-state index is 13.7. The third kappa shape index (κ3) is 4.30. The van der Waals surface area contributed by atoms with E-state index in [4.69, 9.17) is 22.1 Å². The Bertz CT molecular complexity index is 967. The first-order valence-corrected chi connectivity index (χ1v) is 11.1. The molecule has 0 saturated heterocycles. The van der Waals surface area contributed by atoms with Crippen molar-refractivity contribution in [3.8, 4) is 17.0 Å². The highest BCUT2D eigenvalue weighted by molar-refractivity contribution is 7.90. The smallest absolute Gasteiger partial charge is 0.151 e. The summed E-state index contributed by atoms with van der Waals surface area (Å²) in [5, 5.41) is 10.7. The summed E-state index contributed by atoms with van der Waals surface area (Å²) in [6.07, 6.45) is 0. The first-order valence-electron chi connectivity index (χ1n) is 9.55. The van der Waals surface area contributed by atoms with E-state index in [0.717, 1.165) is 0 Å². The Hall–Kier alpha value is -1.42. The van der Waals surface area contributed by atoms with Gasteiger partial charge in [0.1, 0.15) is 34.0 Å². The predicted molar refractivity (Wildman–Crippen MR) is 117 cm³/mol. The zero-order valence-electron chi connectivity index (χ0n) is 17.7. The molecule has 6 nitrogen and oxygen atoms in total. The zero-order valence-corrected chi connectivity index (χ0v) is 19.2. The molecule has 3 unspecified atom stereocenters. The van der Waals surface area contributed by atoms with Gasteiger partial charge in [-0.15, -0.1) is 4.72 Å². The number of aromatic nitrogens is 1. The molecule has 0 amide bonds. The maximum Gasteiger partial charge on any atom is 0.151 e. The highest BCUT2D eigenvalue weighted by Gasteiger charge is 2.45.